The van der Waals surface area contributed by atoms with Crippen LogP contribution < -0.4 is 5.32 Å². The highest BCUT2D eigenvalue weighted by Gasteiger charge is 2.13. The molecule has 0 radical (unpaired) electrons. The van der Waals surface area contributed by atoms with E-state index in [2.05, 4.69) is 50.2 Å². The molecule has 0 saturated heterocycles. The van der Waals surface area contributed by atoms with Gasteiger partial charge in [-0.05, 0) is 34.9 Å². The van der Waals surface area contributed by atoms with Crippen molar-refractivity contribution in [2.75, 3.05) is 20.6 Å². The molecule has 0 saturated carbocycles. The van der Waals surface area contributed by atoms with Gasteiger partial charge in [0.1, 0.15) is 0 Å². The van der Waals surface area contributed by atoms with E-state index in [1.165, 1.54) is 11.3 Å². The molecule has 0 amide bonds. The third-order valence-electron chi connectivity index (χ3n) is 3.34. The molecule has 1 rings (SSSR count). The molecule has 0 spiro atoms. The second kappa shape index (κ2) is 5.46. The van der Waals surface area contributed by atoms with Crippen LogP contribution in [-0.2, 0) is 7.05 Å². The summed E-state index contributed by atoms with van der Waals surface area (Å²) in [7, 11) is 6.19. The monoisotopic (exact) mass is 224 g/mol. The second-order valence-electron chi connectivity index (χ2n) is 4.75. The average Bonchev–Trinajstić information content (AvgIpc) is 2.55. The van der Waals surface area contributed by atoms with Crippen LogP contribution in [0.2, 0.25) is 0 Å². The molecule has 92 valence electrons. The summed E-state index contributed by atoms with van der Waals surface area (Å²) in [6, 6.07) is 0.899. The van der Waals surface area contributed by atoms with Gasteiger partial charge in [0.25, 0.3) is 0 Å². The summed E-state index contributed by atoms with van der Waals surface area (Å²) in [5, 5.41) is 7.80. The number of likely N-dealkylation sites (N-methyl/N-ethyl adjacent to an activating group) is 1. The van der Waals surface area contributed by atoms with Gasteiger partial charge in [0.2, 0.25) is 0 Å². The van der Waals surface area contributed by atoms with Crippen molar-refractivity contribution in [2.45, 2.75) is 32.9 Å². The smallest absolute Gasteiger partial charge is 0.0540 e. The number of rotatable bonds is 5. The van der Waals surface area contributed by atoms with E-state index >= 15 is 0 Å². The van der Waals surface area contributed by atoms with E-state index in [1.54, 1.807) is 0 Å². The Bertz CT molecular complexity index is 330. The van der Waals surface area contributed by atoms with Crippen LogP contribution in [0.25, 0.3) is 0 Å². The number of nitrogens with zero attached hydrogens (tertiary/aromatic N) is 3. The normalized spacial score (nSPS) is 15.4. The third-order valence-corrected chi connectivity index (χ3v) is 3.34. The Morgan fingerprint density at radius 1 is 1.44 bits per heavy atom. The molecule has 4 nitrogen and oxygen atoms in total. The predicted octanol–water partition coefficient (Wildman–Crippen LogP) is 1.33. The first-order chi connectivity index (χ1) is 7.43. The van der Waals surface area contributed by atoms with Crippen LogP contribution in [0.5, 0.6) is 0 Å². The molecular formula is C12H24N4. The lowest BCUT2D eigenvalue weighted by atomic mass is 10.1. The molecule has 0 aliphatic carbocycles. The zero-order valence-electron chi connectivity index (χ0n) is 11.3. The topological polar surface area (TPSA) is 33.1 Å². The highest BCUT2D eigenvalue weighted by atomic mass is 15.3. The van der Waals surface area contributed by atoms with E-state index in [-0.39, 0.29) is 0 Å². The van der Waals surface area contributed by atoms with Crippen LogP contribution in [0.1, 0.15) is 31.1 Å². The van der Waals surface area contributed by atoms with Gasteiger partial charge >= 0.3 is 0 Å². The maximum absolute atomic E-state index is 4.27. The quantitative estimate of drug-likeness (QED) is 0.819. The standard InChI is InChI=1S/C12H24N4/c1-9(15(4)5)7-13-10(2)12-8-14-16(6)11(12)3/h8-10,13H,7H2,1-6H3. The molecule has 0 aliphatic heterocycles. The van der Waals surface area contributed by atoms with Crippen LogP contribution in [0, 0.1) is 6.92 Å². The van der Waals surface area contributed by atoms with E-state index in [4.69, 9.17) is 0 Å². The third kappa shape index (κ3) is 3.06. The molecule has 4 heteroatoms. The molecule has 2 unspecified atom stereocenters. The summed E-state index contributed by atoms with van der Waals surface area (Å²) < 4.78 is 1.92. The molecule has 2 atom stereocenters. The highest BCUT2D eigenvalue weighted by Crippen LogP contribution is 2.15. The Morgan fingerprint density at radius 2 is 2.06 bits per heavy atom. The van der Waals surface area contributed by atoms with Gasteiger partial charge in [-0.15, -0.1) is 0 Å². The minimum Gasteiger partial charge on any atom is -0.309 e. The first-order valence-corrected chi connectivity index (χ1v) is 5.81. The van der Waals surface area contributed by atoms with Gasteiger partial charge in [-0.25, -0.2) is 0 Å². The summed E-state index contributed by atoms with van der Waals surface area (Å²) in [6.45, 7) is 7.50. The zero-order chi connectivity index (χ0) is 12.3. The molecule has 0 bridgehead atoms. The van der Waals surface area contributed by atoms with E-state index in [0.717, 1.165) is 6.54 Å². The van der Waals surface area contributed by atoms with Crippen molar-refractivity contribution in [3.8, 4) is 0 Å². The molecule has 1 N–H and O–H groups in total. The lowest BCUT2D eigenvalue weighted by Gasteiger charge is -2.22. The van der Waals surface area contributed by atoms with Crippen LogP contribution >= 0.6 is 0 Å². The number of nitrogens with one attached hydrogen (secondary N) is 1. The van der Waals surface area contributed by atoms with E-state index in [9.17, 15) is 0 Å². The Hall–Kier alpha value is -0.870. The van der Waals surface area contributed by atoms with Gasteiger partial charge < -0.3 is 10.2 Å². The van der Waals surface area contributed by atoms with Crippen molar-refractivity contribution in [2.24, 2.45) is 7.05 Å². The Morgan fingerprint density at radius 3 is 2.50 bits per heavy atom. The lowest BCUT2D eigenvalue weighted by molar-refractivity contribution is 0.295. The van der Waals surface area contributed by atoms with Gasteiger partial charge in [-0.1, -0.05) is 0 Å². The average molecular weight is 224 g/mol. The minimum absolute atomic E-state index is 0.358. The molecule has 1 aromatic heterocycles. The lowest BCUT2D eigenvalue weighted by Crippen LogP contribution is -2.36. The Balaban J connectivity index is 2.53. The molecule has 0 aliphatic rings. The minimum atomic E-state index is 0.358. The number of hydrogen-bond donors (Lipinski definition) is 1. The molecule has 0 fully saturated rings. The summed E-state index contributed by atoms with van der Waals surface area (Å²) in [6.07, 6.45) is 1.95. The van der Waals surface area contributed by atoms with E-state index in [1.807, 2.05) is 17.9 Å². The highest BCUT2D eigenvalue weighted by molar-refractivity contribution is 5.19. The molecule has 1 aromatic rings. The summed E-state index contributed by atoms with van der Waals surface area (Å²) >= 11 is 0. The Labute approximate surface area is 98.6 Å². The van der Waals surface area contributed by atoms with Gasteiger partial charge in [0.15, 0.2) is 0 Å². The van der Waals surface area contributed by atoms with Crippen molar-refractivity contribution in [3.63, 3.8) is 0 Å². The summed E-state index contributed by atoms with van der Waals surface area (Å²) in [5.74, 6) is 0. The van der Waals surface area contributed by atoms with E-state index in [0.29, 0.717) is 12.1 Å². The maximum atomic E-state index is 4.27. The maximum Gasteiger partial charge on any atom is 0.0540 e. The molecule has 16 heavy (non-hydrogen) atoms. The van der Waals surface area contributed by atoms with Crippen molar-refractivity contribution in [1.29, 1.82) is 0 Å². The van der Waals surface area contributed by atoms with Gasteiger partial charge in [0, 0.05) is 36.9 Å². The van der Waals surface area contributed by atoms with Gasteiger partial charge in [-0.3, -0.25) is 4.68 Å². The van der Waals surface area contributed by atoms with Crippen molar-refractivity contribution < 1.29 is 0 Å². The summed E-state index contributed by atoms with van der Waals surface area (Å²) in [4.78, 5) is 2.22. The van der Waals surface area contributed by atoms with Crippen molar-refractivity contribution >= 4 is 0 Å². The number of hydrogen-bond acceptors (Lipinski definition) is 3. The fraction of sp³-hybridized carbons (Fsp3) is 0.750. The van der Waals surface area contributed by atoms with Crippen LogP contribution in [0.4, 0.5) is 0 Å². The van der Waals surface area contributed by atoms with Crippen LogP contribution in [0.3, 0.4) is 0 Å². The predicted molar refractivity (Wildman–Crippen MR) is 67.5 cm³/mol. The Kier molecular flexibility index (Phi) is 4.50. The second-order valence-corrected chi connectivity index (χ2v) is 4.75. The van der Waals surface area contributed by atoms with Crippen molar-refractivity contribution in [3.05, 3.63) is 17.5 Å². The first kappa shape index (κ1) is 13.2. The fourth-order valence-corrected chi connectivity index (χ4v) is 1.58. The largest absolute Gasteiger partial charge is 0.309 e. The molecular weight excluding hydrogens is 200 g/mol. The van der Waals surface area contributed by atoms with Gasteiger partial charge in [0.05, 0.1) is 6.20 Å². The fourth-order valence-electron chi connectivity index (χ4n) is 1.58. The SMILES string of the molecule is Cc1c(C(C)NCC(C)N(C)C)cnn1C. The van der Waals surface area contributed by atoms with Gasteiger partial charge in [-0.2, -0.15) is 5.10 Å². The molecule has 1 heterocycles. The van der Waals surface area contributed by atoms with E-state index < -0.39 is 0 Å². The molecule has 0 aromatic carbocycles. The summed E-state index contributed by atoms with van der Waals surface area (Å²) in [5.41, 5.74) is 2.52. The van der Waals surface area contributed by atoms with Crippen molar-refractivity contribution in [1.82, 2.24) is 20.0 Å². The zero-order valence-corrected chi connectivity index (χ0v) is 11.3. The number of aryl methyl sites for hydroxylation is 1. The van der Waals surface area contributed by atoms with Crippen LogP contribution in [-0.4, -0.2) is 41.4 Å². The first-order valence-electron chi connectivity index (χ1n) is 5.81. The number of aromatic nitrogens is 2. The van der Waals surface area contributed by atoms with Crippen LogP contribution in [0.15, 0.2) is 6.20 Å².